The Hall–Kier alpha value is -1.04. The molecule has 0 aromatic rings. The Morgan fingerprint density at radius 1 is 0.900 bits per heavy atom. The van der Waals surface area contributed by atoms with Crippen molar-refractivity contribution in [3.8, 4) is 0 Å². The van der Waals surface area contributed by atoms with Crippen molar-refractivity contribution in [2.24, 2.45) is 22.7 Å². The zero-order valence-electron chi connectivity index (χ0n) is 21.4. The number of hydrogen-bond acceptors (Lipinski definition) is 0. The van der Waals surface area contributed by atoms with E-state index in [-0.39, 0.29) is 0 Å². The molecule has 2 fully saturated rings. The lowest BCUT2D eigenvalue weighted by molar-refractivity contribution is -0.0537. The molecule has 0 saturated heterocycles. The summed E-state index contributed by atoms with van der Waals surface area (Å²) in [5, 5.41) is 0. The van der Waals surface area contributed by atoms with Gasteiger partial charge >= 0.3 is 0 Å². The zero-order valence-corrected chi connectivity index (χ0v) is 21.4. The van der Waals surface area contributed by atoms with Crippen molar-refractivity contribution >= 4 is 0 Å². The van der Waals surface area contributed by atoms with Gasteiger partial charge in [0, 0.05) is 0 Å². The van der Waals surface area contributed by atoms with Crippen LogP contribution in [0.15, 0.2) is 47.1 Å². The first-order chi connectivity index (χ1) is 14.1. The summed E-state index contributed by atoms with van der Waals surface area (Å²) >= 11 is 0. The molecule has 0 radical (unpaired) electrons. The third-order valence-corrected chi connectivity index (χ3v) is 8.39. The summed E-state index contributed by atoms with van der Waals surface area (Å²) in [6.07, 6.45) is 21.5. The van der Waals surface area contributed by atoms with E-state index >= 15 is 0 Å². The first-order valence-electron chi connectivity index (χ1n) is 12.7. The van der Waals surface area contributed by atoms with Gasteiger partial charge < -0.3 is 0 Å². The molecule has 0 aliphatic heterocycles. The van der Waals surface area contributed by atoms with Gasteiger partial charge in [-0.15, -0.1) is 0 Å². The second-order valence-corrected chi connectivity index (χ2v) is 11.7. The lowest BCUT2D eigenvalue weighted by atomic mass is 9.47. The minimum Gasteiger partial charge on any atom is -0.0996 e. The van der Waals surface area contributed by atoms with Gasteiger partial charge in [0.15, 0.2) is 0 Å². The molecule has 0 heterocycles. The standard InChI is InChI=1S/C30H50/c1-23(2)13-9-14-24(3)15-10-16-25(4)17-11-18-27-26(5)19-20-28-29(6,7)21-12-22-30(27,28)8/h13,15,17,27-28H,5,9-12,14,16,18-22H2,1-4,6-8H3/b24-15+,25-17+/t27-,28?,30+/m0/s1. The van der Waals surface area contributed by atoms with Crippen LogP contribution in [-0.2, 0) is 0 Å². The molecule has 30 heavy (non-hydrogen) atoms. The molecule has 0 amide bonds. The molecule has 2 aliphatic carbocycles. The van der Waals surface area contributed by atoms with Gasteiger partial charge in [-0.2, -0.15) is 0 Å². The summed E-state index contributed by atoms with van der Waals surface area (Å²) in [6.45, 7) is 21.2. The Labute approximate surface area is 189 Å². The molecule has 0 nitrogen and oxygen atoms in total. The van der Waals surface area contributed by atoms with Gasteiger partial charge in [0.25, 0.3) is 0 Å². The molecule has 1 unspecified atom stereocenters. The number of allylic oxidation sites excluding steroid dienone is 7. The van der Waals surface area contributed by atoms with Crippen molar-refractivity contribution in [2.75, 3.05) is 0 Å². The number of fused-ring (bicyclic) bond motifs is 1. The molecule has 0 heteroatoms. The summed E-state index contributed by atoms with van der Waals surface area (Å²) in [5.74, 6) is 1.59. The molecule has 0 bridgehead atoms. The van der Waals surface area contributed by atoms with Crippen molar-refractivity contribution in [1.29, 1.82) is 0 Å². The average molecular weight is 411 g/mol. The second kappa shape index (κ2) is 11.0. The molecule has 3 atom stereocenters. The fraction of sp³-hybridized carbons (Fsp3) is 0.733. The summed E-state index contributed by atoms with van der Waals surface area (Å²) in [4.78, 5) is 0. The minimum atomic E-state index is 0.476. The van der Waals surface area contributed by atoms with E-state index in [1.54, 1.807) is 11.1 Å². The van der Waals surface area contributed by atoms with Crippen molar-refractivity contribution in [1.82, 2.24) is 0 Å². The Morgan fingerprint density at radius 3 is 2.13 bits per heavy atom. The summed E-state index contributed by atoms with van der Waals surface area (Å²) in [5.41, 5.74) is 7.07. The number of rotatable bonds is 9. The van der Waals surface area contributed by atoms with Crippen LogP contribution in [0.5, 0.6) is 0 Å². The van der Waals surface area contributed by atoms with Crippen LogP contribution in [0.1, 0.15) is 119 Å². The Balaban J connectivity index is 1.85. The van der Waals surface area contributed by atoms with E-state index < -0.39 is 0 Å². The monoisotopic (exact) mass is 410 g/mol. The van der Waals surface area contributed by atoms with Crippen LogP contribution in [0.3, 0.4) is 0 Å². The van der Waals surface area contributed by atoms with Crippen LogP contribution in [0, 0.1) is 22.7 Å². The van der Waals surface area contributed by atoms with Crippen LogP contribution < -0.4 is 0 Å². The molecule has 2 aliphatic rings. The topological polar surface area (TPSA) is 0 Å². The van der Waals surface area contributed by atoms with E-state index in [4.69, 9.17) is 0 Å². The fourth-order valence-electron chi connectivity index (χ4n) is 6.64. The van der Waals surface area contributed by atoms with Crippen molar-refractivity contribution in [3.05, 3.63) is 47.1 Å². The van der Waals surface area contributed by atoms with Gasteiger partial charge in [0.1, 0.15) is 0 Å². The summed E-state index contributed by atoms with van der Waals surface area (Å²) < 4.78 is 0. The normalized spacial score (nSPS) is 29.5. The van der Waals surface area contributed by atoms with E-state index in [1.165, 1.54) is 81.8 Å². The maximum atomic E-state index is 4.55. The molecular formula is C30H50. The Bertz CT molecular complexity index is 664. The van der Waals surface area contributed by atoms with Crippen LogP contribution in [0.4, 0.5) is 0 Å². The fourth-order valence-corrected chi connectivity index (χ4v) is 6.64. The Kier molecular flexibility index (Phi) is 9.26. The smallest absolute Gasteiger partial charge is 0.0146 e. The van der Waals surface area contributed by atoms with Crippen LogP contribution in [-0.4, -0.2) is 0 Å². The SMILES string of the molecule is C=C1CCC2C(C)(C)CCC[C@]2(C)[C@H]1CC/C=C(\C)CC/C=C(\C)CCC=C(C)C. The molecule has 2 rings (SSSR count). The quantitative estimate of drug-likeness (QED) is 0.332. The third-order valence-electron chi connectivity index (χ3n) is 8.39. The zero-order chi connectivity index (χ0) is 22.4. The van der Waals surface area contributed by atoms with E-state index in [2.05, 4.69) is 73.3 Å². The van der Waals surface area contributed by atoms with Crippen molar-refractivity contribution in [2.45, 2.75) is 119 Å². The second-order valence-electron chi connectivity index (χ2n) is 11.7. The molecule has 0 aromatic heterocycles. The highest BCUT2D eigenvalue weighted by molar-refractivity contribution is 5.16. The van der Waals surface area contributed by atoms with Gasteiger partial charge in [0.2, 0.25) is 0 Å². The molecule has 0 N–H and O–H groups in total. The first kappa shape index (κ1) is 25.2. The van der Waals surface area contributed by atoms with Gasteiger partial charge in [-0.1, -0.05) is 74.3 Å². The van der Waals surface area contributed by atoms with E-state index in [0.717, 1.165) is 11.8 Å². The predicted octanol–water partition coefficient (Wildman–Crippen LogP) is 9.98. The van der Waals surface area contributed by atoms with Crippen LogP contribution in [0.25, 0.3) is 0 Å². The predicted molar refractivity (Wildman–Crippen MR) is 136 cm³/mol. The molecular weight excluding hydrogens is 360 g/mol. The number of hydrogen-bond donors (Lipinski definition) is 0. The minimum absolute atomic E-state index is 0.476. The molecule has 0 spiro atoms. The van der Waals surface area contributed by atoms with E-state index in [1.807, 2.05) is 0 Å². The summed E-state index contributed by atoms with van der Waals surface area (Å²) in [7, 11) is 0. The van der Waals surface area contributed by atoms with Crippen LogP contribution >= 0.6 is 0 Å². The lowest BCUT2D eigenvalue weighted by Gasteiger charge is -2.58. The van der Waals surface area contributed by atoms with Crippen molar-refractivity contribution in [3.63, 3.8) is 0 Å². The highest BCUT2D eigenvalue weighted by Crippen LogP contribution is 2.61. The highest BCUT2D eigenvalue weighted by atomic mass is 14.6. The summed E-state index contributed by atoms with van der Waals surface area (Å²) in [6, 6.07) is 0. The molecule has 170 valence electrons. The Morgan fingerprint density at radius 2 is 1.50 bits per heavy atom. The van der Waals surface area contributed by atoms with Gasteiger partial charge in [-0.25, -0.2) is 0 Å². The van der Waals surface area contributed by atoms with E-state index in [9.17, 15) is 0 Å². The molecule has 0 aromatic carbocycles. The maximum absolute atomic E-state index is 4.55. The maximum Gasteiger partial charge on any atom is -0.0146 e. The first-order valence-corrected chi connectivity index (χ1v) is 12.7. The highest BCUT2D eigenvalue weighted by Gasteiger charge is 2.52. The molecule has 2 saturated carbocycles. The largest absolute Gasteiger partial charge is 0.0996 e. The average Bonchev–Trinajstić information content (AvgIpc) is 2.63. The van der Waals surface area contributed by atoms with Gasteiger partial charge in [-0.3, -0.25) is 0 Å². The lowest BCUT2D eigenvalue weighted by Crippen LogP contribution is -2.49. The van der Waals surface area contributed by atoms with Gasteiger partial charge in [0.05, 0.1) is 0 Å². The van der Waals surface area contributed by atoms with Crippen molar-refractivity contribution < 1.29 is 0 Å². The van der Waals surface area contributed by atoms with Crippen LogP contribution in [0.2, 0.25) is 0 Å². The third kappa shape index (κ3) is 6.73. The van der Waals surface area contributed by atoms with Gasteiger partial charge in [-0.05, 0) is 115 Å². The van der Waals surface area contributed by atoms with E-state index in [0.29, 0.717) is 10.8 Å².